The summed E-state index contributed by atoms with van der Waals surface area (Å²) in [4.78, 5) is 30.0. The van der Waals surface area contributed by atoms with Crippen molar-refractivity contribution in [2.24, 2.45) is 0 Å². The molecule has 2 amide bonds. The second kappa shape index (κ2) is 15.6. The molecule has 7 nitrogen and oxygen atoms in total. The van der Waals surface area contributed by atoms with Crippen LogP contribution in [0.4, 0.5) is 10.1 Å². The minimum Gasteiger partial charge on any atom is -0.352 e. The lowest BCUT2D eigenvalue weighted by molar-refractivity contribution is -0.140. The number of para-hydroxylation sites is 1. The Labute approximate surface area is 281 Å². The predicted octanol–water partition coefficient (Wildman–Crippen LogP) is 7.07. The molecule has 1 aliphatic rings. The molecule has 5 rings (SSSR count). The standard InChI is InChI=1S/C37H39ClFN3O4S/c1-27-16-22-32(23-17-27)47(45,46)42(34-15-9-8-14-33(34)39)26-36(43)41(25-29-18-20-30(38)21-19-29)35(24-28-10-4-2-5-11-28)37(44)40-31-12-6-3-7-13-31/h2,4-5,8-11,14-23,31,35H,3,6-7,12-13,24-26H2,1H3,(H,40,44)/t35-/m0/s1. The molecular formula is C37H39ClFN3O4S. The summed E-state index contributed by atoms with van der Waals surface area (Å²) in [7, 11) is -4.40. The molecule has 1 aliphatic carbocycles. The van der Waals surface area contributed by atoms with Gasteiger partial charge in [0, 0.05) is 24.0 Å². The molecule has 0 spiro atoms. The van der Waals surface area contributed by atoms with Gasteiger partial charge >= 0.3 is 0 Å². The van der Waals surface area contributed by atoms with Crippen LogP contribution >= 0.6 is 11.6 Å². The summed E-state index contributed by atoms with van der Waals surface area (Å²) in [6.07, 6.45) is 5.04. The fourth-order valence-corrected chi connectivity index (χ4v) is 7.44. The number of anilines is 1. The Hall–Kier alpha value is -4.21. The van der Waals surface area contributed by atoms with E-state index >= 15 is 4.39 Å². The number of carbonyl (C=O) groups is 2. The summed E-state index contributed by atoms with van der Waals surface area (Å²) in [5, 5.41) is 3.69. The van der Waals surface area contributed by atoms with Gasteiger partial charge in [-0.2, -0.15) is 0 Å². The van der Waals surface area contributed by atoms with Crippen LogP contribution in [0.5, 0.6) is 0 Å². The van der Waals surface area contributed by atoms with Crippen molar-refractivity contribution < 1.29 is 22.4 Å². The van der Waals surface area contributed by atoms with Crippen molar-refractivity contribution in [2.75, 3.05) is 10.8 Å². The number of amides is 2. The van der Waals surface area contributed by atoms with Crippen LogP contribution in [0.15, 0.2) is 108 Å². The lowest BCUT2D eigenvalue weighted by atomic mass is 9.94. The largest absolute Gasteiger partial charge is 0.352 e. The van der Waals surface area contributed by atoms with Crippen LogP contribution in [0.25, 0.3) is 0 Å². The minimum atomic E-state index is -4.40. The molecule has 4 aromatic carbocycles. The highest BCUT2D eigenvalue weighted by Crippen LogP contribution is 2.28. The van der Waals surface area contributed by atoms with Gasteiger partial charge in [0.25, 0.3) is 10.0 Å². The van der Waals surface area contributed by atoms with E-state index in [0.717, 1.165) is 53.6 Å². The fourth-order valence-electron chi connectivity index (χ4n) is 5.89. The van der Waals surface area contributed by atoms with E-state index < -0.39 is 34.3 Å². The van der Waals surface area contributed by atoms with Gasteiger partial charge in [0.05, 0.1) is 10.6 Å². The van der Waals surface area contributed by atoms with Crippen LogP contribution in [0.3, 0.4) is 0 Å². The van der Waals surface area contributed by atoms with E-state index in [9.17, 15) is 18.0 Å². The topological polar surface area (TPSA) is 86.8 Å². The monoisotopic (exact) mass is 675 g/mol. The van der Waals surface area contributed by atoms with Crippen LogP contribution in [0.2, 0.25) is 5.02 Å². The molecule has 1 fully saturated rings. The number of halogens is 2. The summed E-state index contributed by atoms with van der Waals surface area (Å²) in [5.74, 6) is -1.77. The van der Waals surface area contributed by atoms with Gasteiger partial charge in [0.2, 0.25) is 11.8 Å². The molecule has 1 saturated carbocycles. The maximum atomic E-state index is 15.3. The second-order valence-electron chi connectivity index (χ2n) is 12.0. The first-order valence-electron chi connectivity index (χ1n) is 15.8. The van der Waals surface area contributed by atoms with Crippen LogP contribution in [-0.2, 0) is 32.6 Å². The van der Waals surface area contributed by atoms with E-state index in [-0.39, 0.29) is 35.5 Å². The fraction of sp³-hybridized carbons (Fsp3) is 0.297. The van der Waals surface area contributed by atoms with Crippen LogP contribution < -0.4 is 9.62 Å². The first kappa shape index (κ1) is 34.1. The Kier molecular flexibility index (Phi) is 11.3. The van der Waals surface area contributed by atoms with Gasteiger partial charge in [0.1, 0.15) is 18.4 Å². The van der Waals surface area contributed by atoms with E-state index in [2.05, 4.69) is 5.32 Å². The normalized spacial score (nSPS) is 14.3. The highest BCUT2D eigenvalue weighted by Gasteiger charge is 2.36. The molecule has 0 bridgehead atoms. The zero-order valence-electron chi connectivity index (χ0n) is 26.3. The average molecular weight is 676 g/mol. The average Bonchev–Trinajstić information content (AvgIpc) is 3.07. The number of benzene rings is 4. The minimum absolute atomic E-state index is 0.00127. The number of rotatable bonds is 12. The predicted molar refractivity (Wildman–Crippen MR) is 183 cm³/mol. The number of carbonyl (C=O) groups excluding carboxylic acids is 2. The first-order chi connectivity index (χ1) is 22.6. The number of sulfonamides is 1. The highest BCUT2D eigenvalue weighted by molar-refractivity contribution is 7.92. The summed E-state index contributed by atoms with van der Waals surface area (Å²) >= 11 is 6.16. The van der Waals surface area contributed by atoms with Gasteiger partial charge in [-0.05, 0) is 67.3 Å². The van der Waals surface area contributed by atoms with Crippen molar-refractivity contribution in [2.45, 2.75) is 69.0 Å². The lowest BCUT2D eigenvalue weighted by Crippen LogP contribution is -2.55. The Balaban J connectivity index is 1.56. The third-order valence-corrected chi connectivity index (χ3v) is 10.5. The third-order valence-electron chi connectivity index (χ3n) is 8.50. The molecule has 10 heteroatoms. The van der Waals surface area contributed by atoms with Gasteiger partial charge in [0.15, 0.2) is 0 Å². The molecule has 0 heterocycles. The third kappa shape index (κ3) is 8.78. The van der Waals surface area contributed by atoms with E-state index in [1.165, 1.54) is 35.2 Å². The number of nitrogens with one attached hydrogen (secondary N) is 1. The summed E-state index contributed by atoms with van der Waals surface area (Å²) in [5.41, 5.74) is 2.12. The van der Waals surface area contributed by atoms with Gasteiger partial charge < -0.3 is 10.2 Å². The van der Waals surface area contributed by atoms with Gasteiger partial charge in [-0.3, -0.25) is 13.9 Å². The van der Waals surface area contributed by atoms with Crippen molar-refractivity contribution in [1.29, 1.82) is 0 Å². The maximum Gasteiger partial charge on any atom is 0.264 e. The smallest absolute Gasteiger partial charge is 0.264 e. The van der Waals surface area contributed by atoms with Crippen molar-refractivity contribution >= 4 is 39.1 Å². The molecule has 0 saturated heterocycles. The van der Waals surface area contributed by atoms with E-state index in [4.69, 9.17) is 11.6 Å². The van der Waals surface area contributed by atoms with E-state index in [1.807, 2.05) is 37.3 Å². The highest BCUT2D eigenvalue weighted by atomic mass is 35.5. The number of aryl methyl sites for hydroxylation is 1. The molecule has 1 atom stereocenters. The molecule has 0 aliphatic heterocycles. The molecule has 47 heavy (non-hydrogen) atoms. The number of hydrogen-bond donors (Lipinski definition) is 1. The van der Waals surface area contributed by atoms with Gasteiger partial charge in [-0.15, -0.1) is 0 Å². The molecule has 246 valence electrons. The van der Waals surface area contributed by atoms with Crippen molar-refractivity contribution in [3.63, 3.8) is 0 Å². The molecule has 1 N–H and O–H groups in total. The lowest BCUT2D eigenvalue weighted by Gasteiger charge is -2.35. The zero-order chi connectivity index (χ0) is 33.4. The van der Waals surface area contributed by atoms with Crippen LogP contribution in [0.1, 0.15) is 48.8 Å². The Morgan fingerprint density at radius 1 is 0.851 bits per heavy atom. The molecular weight excluding hydrogens is 637 g/mol. The van der Waals surface area contributed by atoms with E-state index in [0.29, 0.717) is 10.6 Å². The second-order valence-corrected chi connectivity index (χ2v) is 14.3. The number of nitrogens with zero attached hydrogens (tertiary/aromatic N) is 2. The Bertz CT molecular complexity index is 1760. The maximum absolute atomic E-state index is 15.3. The number of hydrogen-bond acceptors (Lipinski definition) is 4. The van der Waals surface area contributed by atoms with Crippen molar-refractivity contribution in [3.05, 3.63) is 131 Å². The summed E-state index contributed by atoms with van der Waals surface area (Å²) in [6.45, 7) is 1.10. The van der Waals surface area contributed by atoms with Gasteiger partial charge in [-0.25, -0.2) is 12.8 Å². The molecule has 0 unspecified atom stereocenters. The summed E-state index contributed by atoms with van der Waals surface area (Å²) in [6, 6.07) is 26.9. The first-order valence-corrected chi connectivity index (χ1v) is 17.7. The van der Waals surface area contributed by atoms with Crippen LogP contribution in [0, 0.1) is 12.7 Å². The Morgan fingerprint density at radius 3 is 2.15 bits per heavy atom. The van der Waals surface area contributed by atoms with Gasteiger partial charge in [-0.1, -0.05) is 103 Å². The molecule has 4 aromatic rings. The Morgan fingerprint density at radius 2 is 1.49 bits per heavy atom. The van der Waals surface area contributed by atoms with E-state index in [1.54, 1.807) is 36.4 Å². The SMILES string of the molecule is Cc1ccc(S(=O)(=O)N(CC(=O)N(Cc2ccc(Cl)cc2)[C@@H](Cc2ccccc2)C(=O)NC2CCCCC2)c2ccccc2F)cc1. The van der Waals surface area contributed by atoms with Crippen LogP contribution in [-0.4, -0.2) is 43.8 Å². The quantitative estimate of drug-likeness (QED) is 0.174. The molecule has 0 aromatic heterocycles. The van der Waals surface area contributed by atoms with Crippen molar-refractivity contribution in [1.82, 2.24) is 10.2 Å². The molecule has 0 radical (unpaired) electrons. The summed E-state index contributed by atoms with van der Waals surface area (Å²) < 4.78 is 44.3. The van der Waals surface area contributed by atoms with Crippen molar-refractivity contribution in [3.8, 4) is 0 Å². The zero-order valence-corrected chi connectivity index (χ0v) is 27.9.